The lowest BCUT2D eigenvalue weighted by Gasteiger charge is -2.36. The zero-order chi connectivity index (χ0) is 12.0. The molecule has 1 N–H and O–H groups in total. The van der Waals surface area contributed by atoms with E-state index in [9.17, 15) is 0 Å². The molecule has 0 aliphatic carbocycles. The van der Waals surface area contributed by atoms with Gasteiger partial charge in [-0.05, 0) is 45.6 Å². The lowest BCUT2D eigenvalue weighted by molar-refractivity contribution is 0.142. The van der Waals surface area contributed by atoms with Gasteiger partial charge in [0, 0.05) is 25.7 Å². The van der Waals surface area contributed by atoms with Gasteiger partial charge < -0.3 is 10.2 Å². The first kappa shape index (κ1) is 13.7. The predicted molar refractivity (Wildman–Crippen MR) is 70.8 cm³/mol. The number of hydrogen-bond donors (Lipinski definition) is 1. The van der Waals surface area contributed by atoms with E-state index in [0.29, 0.717) is 6.04 Å². The highest BCUT2D eigenvalue weighted by molar-refractivity contribution is 5.00. The maximum Gasteiger partial charge on any atom is 0.0223 e. The average Bonchev–Trinajstić information content (AvgIpc) is 2.26. The summed E-state index contributed by atoms with van der Waals surface area (Å²) in [5.41, 5.74) is 1.29. The molecule has 16 heavy (non-hydrogen) atoms. The van der Waals surface area contributed by atoms with Crippen LogP contribution in [-0.4, -0.2) is 62.7 Å². The van der Waals surface area contributed by atoms with Crippen LogP contribution in [0.25, 0.3) is 0 Å². The maximum absolute atomic E-state index is 4.13. The monoisotopic (exact) mass is 225 g/mol. The Kier molecular flexibility index (Phi) is 6.03. The predicted octanol–water partition coefficient (Wildman–Crippen LogP) is 1.18. The van der Waals surface area contributed by atoms with E-state index >= 15 is 0 Å². The topological polar surface area (TPSA) is 18.5 Å². The van der Waals surface area contributed by atoms with Gasteiger partial charge in [0.2, 0.25) is 0 Å². The Morgan fingerprint density at radius 2 is 2.31 bits per heavy atom. The van der Waals surface area contributed by atoms with Crippen LogP contribution in [0.5, 0.6) is 0 Å². The van der Waals surface area contributed by atoms with Gasteiger partial charge >= 0.3 is 0 Å². The average molecular weight is 225 g/mol. The van der Waals surface area contributed by atoms with Crippen LogP contribution in [0.1, 0.15) is 19.8 Å². The van der Waals surface area contributed by atoms with E-state index in [0.717, 1.165) is 19.6 Å². The van der Waals surface area contributed by atoms with E-state index < -0.39 is 0 Å². The van der Waals surface area contributed by atoms with Crippen LogP contribution < -0.4 is 5.32 Å². The fraction of sp³-hybridized carbons (Fsp3) is 0.846. The summed E-state index contributed by atoms with van der Waals surface area (Å²) in [6.07, 6.45) is 2.65. The molecule has 0 amide bonds. The Labute approximate surface area is 100 Å². The van der Waals surface area contributed by atoms with E-state index in [4.69, 9.17) is 0 Å². The summed E-state index contributed by atoms with van der Waals surface area (Å²) in [6.45, 7) is 11.7. The largest absolute Gasteiger partial charge is 0.313 e. The Morgan fingerprint density at radius 3 is 2.94 bits per heavy atom. The van der Waals surface area contributed by atoms with Crippen molar-refractivity contribution in [3.05, 3.63) is 12.2 Å². The molecule has 0 saturated carbocycles. The minimum absolute atomic E-state index is 0.706. The van der Waals surface area contributed by atoms with Gasteiger partial charge in [-0.1, -0.05) is 13.5 Å². The molecular formula is C13H27N3. The van der Waals surface area contributed by atoms with E-state index in [-0.39, 0.29) is 0 Å². The van der Waals surface area contributed by atoms with Crippen LogP contribution in [0, 0.1) is 0 Å². The van der Waals surface area contributed by atoms with Crippen LogP contribution in [0.2, 0.25) is 0 Å². The molecule has 1 rings (SSSR count). The highest BCUT2D eigenvalue weighted by Crippen LogP contribution is 2.13. The van der Waals surface area contributed by atoms with Crippen LogP contribution >= 0.6 is 0 Å². The summed E-state index contributed by atoms with van der Waals surface area (Å²) in [4.78, 5) is 4.88. The van der Waals surface area contributed by atoms with Crippen LogP contribution in [0.15, 0.2) is 12.2 Å². The van der Waals surface area contributed by atoms with Crippen molar-refractivity contribution in [2.45, 2.75) is 25.8 Å². The minimum Gasteiger partial charge on any atom is -0.313 e. The van der Waals surface area contributed by atoms with Crippen molar-refractivity contribution in [1.82, 2.24) is 15.1 Å². The Balaban J connectivity index is 2.27. The number of nitrogens with zero attached hydrogens (tertiary/aromatic N) is 2. The van der Waals surface area contributed by atoms with E-state index in [1.807, 2.05) is 0 Å². The van der Waals surface area contributed by atoms with Gasteiger partial charge in [0.25, 0.3) is 0 Å². The van der Waals surface area contributed by atoms with E-state index in [1.165, 1.54) is 31.5 Å². The molecule has 0 aromatic carbocycles. The molecular weight excluding hydrogens is 198 g/mol. The highest BCUT2D eigenvalue weighted by Gasteiger charge is 2.20. The molecule has 1 unspecified atom stereocenters. The lowest BCUT2D eigenvalue weighted by Crippen LogP contribution is -2.45. The third-order valence-electron chi connectivity index (χ3n) is 3.32. The number of likely N-dealkylation sites (tertiary alicyclic amines) is 1. The first-order valence-electron chi connectivity index (χ1n) is 6.39. The quantitative estimate of drug-likeness (QED) is 0.685. The van der Waals surface area contributed by atoms with Gasteiger partial charge in [-0.25, -0.2) is 0 Å². The van der Waals surface area contributed by atoms with Crippen molar-refractivity contribution in [3.8, 4) is 0 Å². The summed E-state index contributed by atoms with van der Waals surface area (Å²) in [5, 5.41) is 3.33. The molecule has 3 heteroatoms. The summed E-state index contributed by atoms with van der Waals surface area (Å²) < 4.78 is 0. The molecule has 0 radical (unpaired) electrons. The Morgan fingerprint density at radius 1 is 1.56 bits per heavy atom. The Hall–Kier alpha value is -0.380. The number of piperidine rings is 1. The van der Waals surface area contributed by atoms with Crippen molar-refractivity contribution in [2.75, 3.05) is 46.8 Å². The molecule has 0 aromatic rings. The molecule has 1 fully saturated rings. The molecule has 1 aliphatic rings. The van der Waals surface area contributed by atoms with Crippen molar-refractivity contribution in [1.29, 1.82) is 0 Å². The third-order valence-corrected chi connectivity index (χ3v) is 3.32. The van der Waals surface area contributed by atoms with Crippen molar-refractivity contribution >= 4 is 0 Å². The Bertz CT molecular complexity index is 215. The van der Waals surface area contributed by atoms with Crippen molar-refractivity contribution in [2.24, 2.45) is 0 Å². The number of likely N-dealkylation sites (N-methyl/N-ethyl adjacent to an activating group) is 3. The first-order valence-corrected chi connectivity index (χ1v) is 6.39. The zero-order valence-electron chi connectivity index (χ0n) is 11.1. The summed E-state index contributed by atoms with van der Waals surface area (Å²) >= 11 is 0. The zero-order valence-corrected chi connectivity index (χ0v) is 11.1. The number of hydrogen-bond acceptors (Lipinski definition) is 3. The highest BCUT2D eigenvalue weighted by atomic mass is 15.2. The van der Waals surface area contributed by atoms with Crippen molar-refractivity contribution in [3.63, 3.8) is 0 Å². The summed E-state index contributed by atoms with van der Waals surface area (Å²) in [5.74, 6) is 0. The fourth-order valence-corrected chi connectivity index (χ4v) is 2.34. The van der Waals surface area contributed by atoms with Gasteiger partial charge in [0.05, 0.1) is 0 Å². The second-order valence-corrected chi connectivity index (χ2v) is 5.00. The molecule has 1 heterocycles. The van der Waals surface area contributed by atoms with Gasteiger partial charge in [0.15, 0.2) is 0 Å². The lowest BCUT2D eigenvalue weighted by atomic mass is 10.0. The molecule has 0 aromatic heterocycles. The van der Waals surface area contributed by atoms with Gasteiger partial charge in [-0.2, -0.15) is 0 Å². The van der Waals surface area contributed by atoms with Gasteiger partial charge in [-0.3, -0.25) is 4.90 Å². The SMILES string of the molecule is C=C(CNCC)CN(C)C1CCCN(C)C1. The molecule has 1 atom stereocenters. The molecule has 0 bridgehead atoms. The summed E-state index contributed by atoms with van der Waals surface area (Å²) in [6, 6.07) is 0.706. The number of nitrogens with one attached hydrogen (secondary N) is 1. The third kappa shape index (κ3) is 4.64. The molecule has 1 aliphatic heterocycles. The second kappa shape index (κ2) is 7.05. The standard InChI is InChI=1S/C13H27N3/c1-5-14-9-12(2)10-16(4)13-7-6-8-15(3)11-13/h13-14H,2,5-11H2,1,3-4H3. The smallest absolute Gasteiger partial charge is 0.0223 e. The van der Waals surface area contributed by atoms with Gasteiger partial charge in [-0.15, -0.1) is 0 Å². The van der Waals surface area contributed by atoms with E-state index in [1.54, 1.807) is 0 Å². The van der Waals surface area contributed by atoms with Crippen LogP contribution in [0.4, 0.5) is 0 Å². The molecule has 94 valence electrons. The fourth-order valence-electron chi connectivity index (χ4n) is 2.34. The molecule has 3 nitrogen and oxygen atoms in total. The maximum atomic E-state index is 4.13. The van der Waals surface area contributed by atoms with Crippen LogP contribution in [0.3, 0.4) is 0 Å². The van der Waals surface area contributed by atoms with E-state index in [2.05, 4.69) is 42.7 Å². The first-order chi connectivity index (χ1) is 7.63. The molecule has 1 saturated heterocycles. The van der Waals surface area contributed by atoms with Gasteiger partial charge in [0.1, 0.15) is 0 Å². The van der Waals surface area contributed by atoms with Crippen molar-refractivity contribution < 1.29 is 0 Å². The summed E-state index contributed by atoms with van der Waals surface area (Å²) in [7, 11) is 4.44. The normalized spacial score (nSPS) is 22.6. The van der Waals surface area contributed by atoms with Crippen LogP contribution in [-0.2, 0) is 0 Å². The molecule has 0 spiro atoms. The number of rotatable bonds is 6. The second-order valence-electron chi connectivity index (χ2n) is 5.00. The minimum atomic E-state index is 0.706.